The van der Waals surface area contributed by atoms with Gasteiger partial charge >= 0.3 is 0 Å². The van der Waals surface area contributed by atoms with Crippen molar-refractivity contribution in [2.45, 2.75) is 31.0 Å². The van der Waals surface area contributed by atoms with Gasteiger partial charge in [-0.05, 0) is 43.4 Å². The van der Waals surface area contributed by atoms with Crippen molar-refractivity contribution >= 4 is 0 Å². The van der Waals surface area contributed by atoms with Gasteiger partial charge in [-0.25, -0.2) is 4.39 Å². The summed E-state index contributed by atoms with van der Waals surface area (Å²) in [5.74, 6) is 0.864. The summed E-state index contributed by atoms with van der Waals surface area (Å²) in [5, 5.41) is 0. The lowest BCUT2D eigenvalue weighted by atomic mass is 9.70. The minimum Gasteiger partial charge on any atom is -0.497 e. The van der Waals surface area contributed by atoms with Gasteiger partial charge in [0.15, 0.2) is 6.30 Å². The summed E-state index contributed by atoms with van der Waals surface area (Å²) in [4.78, 5) is 1.98. The number of methoxy groups -OCH3 is 1. The average Bonchev–Trinajstić information content (AvgIpc) is 2.45. The summed E-state index contributed by atoms with van der Waals surface area (Å²) >= 11 is 0. The largest absolute Gasteiger partial charge is 0.497 e. The minimum absolute atomic E-state index is 0.0199. The van der Waals surface area contributed by atoms with Gasteiger partial charge in [-0.1, -0.05) is 24.3 Å². The molecule has 2 nitrogen and oxygen atoms in total. The molecule has 1 radical (unpaired) electrons. The predicted octanol–water partition coefficient (Wildman–Crippen LogP) is 3.49. The molecule has 1 aromatic rings. The van der Waals surface area contributed by atoms with E-state index in [0.717, 1.165) is 31.7 Å². The van der Waals surface area contributed by atoms with E-state index in [1.807, 2.05) is 17.0 Å². The van der Waals surface area contributed by atoms with E-state index in [4.69, 9.17) is 4.74 Å². The second-order valence-electron chi connectivity index (χ2n) is 5.71. The van der Waals surface area contributed by atoms with Crippen LogP contribution in [0, 0.1) is 6.42 Å². The van der Waals surface area contributed by atoms with Gasteiger partial charge in [-0.15, -0.1) is 0 Å². The minimum atomic E-state index is -0.826. The Hall–Kier alpha value is -1.35. The van der Waals surface area contributed by atoms with Crippen molar-refractivity contribution in [3.8, 4) is 5.75 Å². The van der Waals surface area contributed by atoms with E-state index in [0.29, 0.717) is 6.42 Å². The van der Waals surface area contributed by atoms with Crippen LogP contribution in [0.1, 0.15) is 24.8 Å². The molecule has 0 aromatic heterocycles. The Morgan fingerprint density at radius 1 is 1.35 bits per heavy atom. The lowest BCUT2D eigenvalue weighted by Crippen LogP contribution is -2.47. The molecule has 0 amide bonds. The Morgan fingerprint density at radius 3 is 2.65 bits per heavy atom. The number of nitrogens with zero attached hydrogens (tertiary/aromatic N) is 1. The molecule has 1 aliphatic carbocycles. The van der Waals surface area contributed by atoms with Crippen molar-refractivity contribution in [2.24, 2.45) is 0 Å². The van der Waals surface area contributed by atoms with Gasteiger partial charge in [0, 0.05) is 18.5 Å². The van der Waals surface area contributed by atoms with E-state index in [9.17, 15) is 4.39 Å². The van der Waals surface area contributed by atoms with Crippen LogP contribution in [0.5, 0.6) is 5.75 Å². The highest BCUT2D eigenvalue weighted by atomic mass is 19.1. The number of allylic oxidation sites excluding steroid dienone is 1. The molecule has 3 rings (SSSR count). The first-order valence-corrected chi connectivity index (χ1v) is 7.25. The molecule has 1 saturated heterocycles. The molecular formula is C17H21FNO. The van der Waals surface area contributed by atoms with Crippen LogP contribution in [-0.2, 0) is 5.41 Å². The van der Waals surface area contributed by atoms with Gasteiger partial charge in [0.25, 0.3) is 0 Å². The van der Waals surface area contributed by atoms with Crippen LogP contribution in [0.4, 0.5) is 4.39 Å². The van der Waals surface area contributed by atoms with Crippen LogP contribution in [0.3, 0.4) is 0 Å². The van der Waals surface area contributed by atoms with Crippen molar-refractivity contribution in [1.82, 2.24) is 4.90 Å². The number of alkyl halides is 1. The molecule has 1 aromatic carbocycles. The fraction of sp³-hybridized carbons (Fsp3) is 0.471. The van der Waals surface area contributed by atoms with Gasteiger partial charge in [-0.3, -0.25) is 4.90 Å². The molecule has 0 bridgehead atoms. The number of halogens is 1. The summed E-state index contributed by atoms with van der Waals surface area (Å²) in [6.45, 7) is 1.59. The smallest absolute Gasteiger partial charge is 0.153 e. The molecule has 1 fully saturated rings. The lowest BCUT2D eigenvalue weighted by molar-refractivity contribution is 0.0469. The molecule has 0 N–H and O–H groups in total. The summed E-state index contributed by atoms with van der Waals surface area (Å²) in [6, 6.07) is 8.18. The number of hydrogen-bond donors (Lipinski definition) is 0. The maximum absolute atomic E-state index is 14.0. The van der Waals surface area contributed by atoms with E-state index < -0.39 is 6.30 Å². The summed E-state index contributed by atoms with van der Waals surface area (Å²) in [5.41, 5.74) is 1.23. The molecule has 2 unspecified atom stereocenters. The van der Waals surface area contributed by atoms with E-state index in [2.05, 4.69) is 30.7 Å². The third kappa shape index (κ3) is 2.47. The zero-order valence-electron chi connectivity index (χ0n) is 11.9. The van der Waals surface area contributed by atoms with Gasteiger partial charge in [-0.2, -0.15) is 0 Å². The molecule has 107 valence electrons. The fourth-order valence-corrected chi connectivity index (χ4v) is 3.09. The zero-order chi connectivity index (χ0) is 14.0. The Balaban J connectivity index is 1.78. The molecule has 0 spiro atoms. The van der Waals surface area contributed by atoms with Crippen LogP contribution in [-0.4, -0.2) is 31.4 Å². The van der Waals surface area contributed by atoms with Crippen molar-refractivity contribution in [3.05, 3.63) is 48.4 Å². The Labute approximate surface area is 120 Å². The summed E-state index contributed by atoms with van der Waals surface area (Å²) < 4.78 is 19.2. The van der Waals surface area contributed by atoms with Crippen molar-refractivity contribution < 1.29 is 9.13 Å². The third-order valence-electron chi connectivity index (χ3n) is 4.45. The summed E-state index contributed by atoms with van der Waals surface area (Å²) in [6.07, 6.45) is 8.16. The van der Waals surface area contributed by atoms with E-state index in [1.54, 1.807) is 7.11 Å². The van der Waals surface area contributed by atoms with Crippen molar-refractivity contribution in [3.63, 3.8) is 0 Å². The van der Waals surface area contributed by atoms with E-state index in [-0.39, 0.29) is 5.41 Å². The van der Waals surface area contributed by atoms with E-state index in [1.165, 1.54) is 5.56 Å². The molecule has 3 heteroatoms. The molecule has 1 heterocycles. The molecule has 1 aliphatic heterocycles. The second kappa shape index (κ2) is 5.57. The van der Waals surface area contributed by atoms with Gasteiger partial charge in [0.1, 0.15) is 5.75 Å². The molecule has 2 aliphatic rings. The number of benzene rings is 1. The maximum atomic E-state index is 14.0. The SMILES string of the molecule is COc1ccc(C2(CN3CC[CH]CC3F)C=CC2)cc1. The normalized spacial score (nSPS) is 30.0. The number of piperidine rings is 1. The number of likely N-dealkylation sites (tertiary alicyclic amines) is 1. The Morgan fingerprint density at radius 2 is 2.10 bits per heavy atom. The average molecular weight is 274 g/mol. The topological polar surface area (TPSA) is 12.5 Å². The first-order valence-electron chi connectivity index (χ1n) is 7.25. The molecular weight excluding hydrogens is 253 g/mol. The Bertz CT molecular complexity index is 484. The standard InChI is InChI=1S/C17H21FNO/c1-20-15-8-6-14(7-9-15)17(10-4-11-17)13-19-12-3-2-5-16(19)18/h2,4,6-10,16H,3,5,11-13H2,1H3. The molecule has 0 saturated carbocycles. The number of hydrogen-bond acceptors (Lipinski definition) is 2. The molecule has 2 atom stereocenters. The number of rotatable bonds is 4. The van der Waals surface area contributed by atoms with Gasteiger partial charge in [0.05, 0.1) is 7.11 Å². The van der Waals surface area contributed by atoms with Crippen LogP contribution in [0.15, 0.2) is 36.4 Å². The lowest BCUT2D eigenvalue weighted by Gasteiger charge is -2.43. The van der Waals surface area contributed by atoms with E-state index >= 15 is 0 Å². The molecule has 20 heavy (non-hydrogen) atoms. The summed E-state index contributed by atoms with van der Waals surface area (Å²) in [7, 11) is 1.67. The van der Waals surface area contributed by atoms with Crippen molar-refractivity contribution in [2.75, 3.05) is 20.2 Å². The zero-order valence-corrected chi connectivity index (χ0v) is 11.9. The van der Waals surface area contributed by atoms with Crippen LogP contribution in [0.25, 0.3) is 0 Å². The highest BCUT2D eigenvalue weighted by Crippen LogP contribution is 2.39. The first-order chi connectivity index (χ1) is 9.73. The number of ether oxygens (including phenoxy) is 1. The monoisotopic (exact) mass is 274 g/mol. The third-order valence-corrected chi connectivity index (χ3v) is 4.45. The van der Waals surface area contributed by atoms with Crippen molar-refractivity contribution in [1.29, 1.82) is 0 Å². The predicted molar refractivity (Wildman–Crippen MR) is 78.4 cm³/mol. The fourth-order valence-electron chi connectivity index (χ4n) is 3.09. The van der Waals surface area contributed by atoms with Gasteiger partial charge < -0.3 is 4.74 Å². The maximum Gasteiger partial charge on any atom is 0.153 e. The highest BCUT2D eigenvalue weighted by Gasteiger charge is 2.37. The second-order valence-corrected chi connectivity index (χ2v) is 5.71. The van der Waals surface area contributed by atoms with Crippen LogP contribution < -0.4 is 4.74 Å². The van der Waals surface area contributed by atoms with Crippen LogP contribution >= 0.6 is 0 Å². The van der Waals surface area contributed by atoms with Gasteiger partial charge in [0.2, 0.25) is 0 Å². The Kier molecular flexibility index (Phi) is 3.79. The highest BCUT2D eigenvalue weighted by molar-refractivity contribution is 5.40. The first kappa shape index (κ1) is 13.6. The quantitative estimate of drug-likeness (QED) is 0.615. The van der Waals surface area contributed by atoms with Crippen LogP contribution in [0.2, 0.25) is 0 Å².